The molecule has 0 saturated heterocycles. The highest BCUT2D eigenvalue weighted by atomic mass is 35.5. The summed E-state index contributed by atoms with van der Waals surface area (Å²) in [6, 6.07) is 7.89. The molecule has 1 amide bonds. The van der Waals surface area contributed by atoms with E-state index >= 15 is 0 Å². The molecule has 98 valence electrons. The Bertz CT molecular complexity index is 448. The van der Waals surface area contributed by atoms with Crippen LogP contribution in [0.1, 0.15) is 17.5 Å². The highest BCUT2D eigenvalue weighted by Gasteiger charge is 2.56. The first kappa shape index (κ1) is 13.7. The van der Waals surface area contributed by atoms with Gasteiger partial charge >= 0.3 is 0 Å². The summed E-state index contributed by atoms with van der Waals surface area (Å²) in [6.45, 7) is 1.05. The fourth-order valence-electron chi connectivity index (χ4n) is 1.81. The maximum Gasteiger partial charge on any atom is 0.226 e. The molecule has 1 fully saturated rings. The summed E-state index contributed by atoms with van der Waals surface area (Å²) in [6.07, 6.45) is 0.533. The van der Waals surface area contributed by atoms with E-state index in [0.717, 1.165) is 11.1 Å². The van der Waals surface area contributed by atoms with Crippen LogP contribution in [-0.4, -0.2) is 17.4 Å². The molecule has 2 rings (SSSR count). The first-order valence-electron chi connectivity index (χ1n) is 5.75. The number of methoxy groups -OCH3 is 1. The van der Waals surface area contributed by atoms with Crippen molar-refractivity contribution in [3.05, 3.63) is 35.4 Å². The van der Waals surface area contributed by atoms with Gasteiger partial charge in [-0.15, -0.1) is 23.2 Å². The molecule has 1 aromatic rings. The number of rotatable bonds is 5. The largest absolute Gasteiger partial charge is 0.380 e. The lowest BCUT2D eigenvalue weighted by molar-refractivity contribution is -0.122. The van der Waals surface area contributed by atoms with E-state index in [1.165, 1.54) is 0 Å². The molecule has 1 unspecified atom stereocenters. The van der Waals surface area contributed by atoms with E-state index in [9.17, 15) is 4.79 Å². The minimum absolute atomic E-state index is 0.0860. The van der Waals surface area contributed by atoms with Gasteiger partial charge in [0.15, 0.2) is 0 Å². The van der Waals surface area contributed by atoms with Gasteiger partial charge < -0.3 is 10.1 Å². The maximum atomic E-state index is 11.7. The summed E-state index contributed by atoms with van der Waals surface area (Å²) in [5.74, 6) is -0.361. The third kappa shape index (κ3) is 3.37. The molecule has 0 radical (unpaired) electrons. The van der Waals surface area contributed by atoms with Gasteiger partial charge in [0.05, 0.1) is 12.5 Å². The van der Waals surface area contributed by atoms with Crippen molar-refractivity contribution in [1.82, 2.24) is 5.32 Å². The van der Waals surface area contributed by atoms with E-state index < -0.39 is 4.33 Å². The lowest BCUT2D eigenvalue weighted by Gasteiger charge is -2.07. The lowest BCUT2D eigenvalue weighted by Crippen LogP contribution is -2.26. The summed E-state index contributed by atoms with van der Waals surface area (Å²) in [4.78, 5) is 11.7. The molecule has 1 aromatic carbocycles. The predicted octanol–water partition coefficient (Wildman–Crippen LogP) is 2.64. The number of carbonyl (C=O) groups is 1. The zero-order valence-corrected chi connectivity index (χ0v) is 11.6. The Kier molecular flexibility index (Phi) is 4.15. The highest BCUT2D eigenvalue weighted by molar-refractivity contribution is 6.52. The molecule has 0 spiro atoms. The normalized spacial score (nSPS) is 20.5. The maximum absolute atomic E-state index is 11.7. The van der Waals surface area contributed by atoms with Crippen LogP contribution in [0.2, 0.25) is 0 Å². The molecular weight excluding hydrogens is 273 g/mol. The van der Waals surface area contributed by atoms with Gasteiger partial charge in [0.25, 0.3) is 0 Å². The smallest absolute Gasteiger partial charge is 0.226 e. The fourth-order valence-corrected chi connectivity index (χ4v) is 2.31. The molecule has 0 aliphatic heterocycles. The Balaban J connectivity index is 1.86. The van der Waals surface area contributed by atoms with Crippen molar-refractivity contribution >= 4 is 29.1 Å². The number of alkyl halides is 2. The van der Waals surface area contributed by atoms with Crippen LogP contribution in [0, 0.1) is 5.92 Å². The van der Waals surface area contributed by atoms with Crippen molar-refractivity contribution in [3.63, 3.8) is 0 Å². The Morgan fingerprint density at radius 2 is 2.17 bits per heavy atom. The molecule has 1 saturated carbocycles. The van der Waals surface area contributed by atoms with Gasteiger partial charge in [-0.1, -0.05) is 24.3 Å². The molecule has 18 heavy (non-hydrogen) atoms. The zero-order valence-electron chi connectivity index (χ0n) is 10.1. The van der Waals surface area contributed by atoms with Crippen LogP contribution in [0.25, 0.3) is 0 Å². The van der Waals surface area contributed by atoms with Gasteiger partial charge in [-0.25, -0.2) is 0 Å². The molecular formula is C13H15Cl2NO2. The molecule has 1 aliphatic carbocycles. The monoisotopic (exact) mass is 287 g/mol. The predicted molar refractivity (Wildman–Crippen MR) is 71.5 cm³/mol. The second-order valence-corrected chi connectivity index (χ2v) is 6.03. The van der Waals surface area contributed by atoms with E-state index in [1.54, 1.807) is 7.11 Å². The van der Waals surface area contributed by atoms with Crippen LogP contribution in [0.15, 0.2) is 24.3 Å². The second-order valence-electron chi connectivity index (χ2n) is 4.49. The average Bonchev–Trinajstić information content (AvgIpc) is 2.97. The van der Waals surface area contributed by atoms with Crippen molar-refractivity contribution in [2.75, 3.05) is 7.11 Å². The van der Waals surface area contributed by atoms with E-state index in [4.69, 9.17) is 27.9 Å². The highest BCUT2D eigenvalue weighted by Crippen LogP contribution is 2.53. The molecule has 5 heteroatoms. The Morgan fingerprint density at radius 1 is 1.50 bits per heavy atom. The number of benzene rings is 1. The summed E-state index contributed by atoms with van der Waals surface area (Å²) in [5, 5.41) is 2.84. The molecule has 1 atom stereocenters. The van der Waals surface area contributed by atoms with Gasteiger partial charge in [0.1, 0.15) is 4.33 Å². The Hall–Kier alpha value is -0.770. The van der Waals surface area contributed by atoms with E-state index in [2.05, 4.69) is 5.32 Å². The van der Waals surface area contributed by atoms with E-state index in [-0.39, 0.29) is 11.8 Å². The van der Waals surface area contributed by atoms with Gasteiger partial charge in [-0.2, -0.15) is 0 Å². The molecule has 1 N–H and O–H groups in total. The average molecular weight is 288 g/mol. The first-order chi connectivity index (χ1) is 8.53. The molecule has 1 aliphatic rings. The number of carbonyl (C=O) groups excluding carboxylic acids is 1. The van der Waals surface area contributed by atoms with Gasteiger partial charge in [-0.05, 0) is 17.5 Å². The van der Waals surface area contributed by atoms with Crippen LogP contribution in [0.4, 0.5) is 0 Å². The van der Waals surface area contributed by atoms with Crippen molar-refractivity contribution in [2.24, 2.45) is 5.92 Å². The number of nitrogens with one attached hydrogen (secondary N) is 1. The molecule has 0 aromatic heterocycles. The van der Waals surface area contributed by atoms with Gasteiger partial charge in [0.2, 0.25) is 5.91 Å². The minimum atomic E-state index is -0.859. The quantitative estimate of drug-likeness (QED) is 0.846. The summed E-state index contributed by atoms with van der Waals surface area (Å²) in [7, 11) is 1.65. The SMILES string of the molecule is COCc1cccc(CNC(=O)C2CC2(Cl)Cl)c1. The van der Waals surface area contributed by atoms with Crippen LogP contribution in [0.5, 0.6) is 0 Å². The van der Waals surface area contributed by atoms with Crippen molar-refractivity contribution in [2.45, 2.75) is 23.9 Å². The number of hydrogen-bond donors (Lipinski definition) is 1. The number of hydrogen-bond acceptors (Lipinski definition) is 2. The Labute approximate surface area is 116 Å². The zero-order chi connectivity index (χ0) is 13.2. The standard InChI is InChI=1S/C13H15Cl2NO2/c1-18-8-10-4-2-3-9(5-10)7-16-12(17)11-6-13(11,14)15/h2-5,11H,6-8H2,1H3,(H,16,17). The molecule has 0 bridgehead atoms. The van der Waals surface area contributed by atoms with Crippen molar-refractivity contribution in [3.8, 4) is 0 Å². The number of ether oxygens (including phenoxy) is 1. The van der Waals surface area contributed by atoms with Gasteiger partial charge in [0, 0.05) is 13.7 Å². The van der Waals surface area contributed by atoms with Crippen LogP contribution in [-0.2, 0) is 22.7 Å². The van der Waals surface area contributed by atoms with Gasteiger partial charge in [-0.3, -0.25) is 4.79 Å². The van der Waals surface area contributed by atoms with E-state index in [0.29, 0.717) is 19.6 Å². The number of halogens is 2. The minimum Gasteiger partial charge on any atom is -0.380 e. The van der Waals surface area contributed by atoms with Crippen molar-refractivity contribution < 1.29 is 9.53 Å². The fraction of sp³-hybridized carbons (Fsp3) is 0.462. The third-order valence-electron chi connectivity index (χ3n) is 2.91. The summed E-state index contributed by atoms with van der Waals surface area (Å²) in [5.41, 5.74) is 2.12. The summed E-state index contributed by atoms with van der Waals surface area (Å²) < 4.78 is 4.20. The Morgan fingerprint density at radius 3 is 2.78 bits per heavy atom. The molecule has 3 nitrogen and oxygen atoms in total. The van der Waals surface area contributed by atoms with Crippen LogP contribution < -0.4 is 5.32 Å². The molecule has 0 heterocycles. The summed E-state index contributed by atoms with van der Waals surface area (Å²) >= 11 is 11.7. The first-order valence-corrected chi connectivity index (χ1v) is 6.51. The van der Waals surface area contributed by atoms with Crippen LogP contribution >= 0.6 is 23.2 Å². The lowest BCUT2D eigenvalue weighted by atomic mass is 10.1. The number of amides is 1. The van der Waals surface area contributed by atoms with E-state index in [1.807, 2.05) is 24.3 Å². The second kappa shape index (κ2) is 5.47. The van der Waals surface area contributed by atoms with Crippen molar-refractivity contribution in [1.29, 1.82) is 0 Å². The topological polar surface area (TPSA) is 38.3 Å². The third-order valence-corrected chi connectivity index (χ3v) is 3.75. The van der Waals surface area contributed by atoms with Crippen LogP contribution in [0.3, 0.4) is 0 Å².